The number of aryl methyl sites for hydroxylation is 1. The number of halogens is 1. The molecule has 2 aliphatic rings. The molecule has 2 aliphatic heterocycles. The van der Waals surface area contributed by atoms with Crippen molar-refractivity contribution in [1.82, 2.24) is 52.8 Å². The van der Waals surface area contributed by atoms with Gasteiger partial charge in [-0.1, -0.05) is 85.2 Å². The summed E-state index contributed by atoms with van der Waals surface area (Å²) in [6.07, 6.45) is 0.697. The van der Waals surface area contributed by atoms with E-state index < -0.39 is 108 Å². The molecule has 0 aliphatic carbocycles. The normalized spacial score (nSPS) is 20.6. The Morgan fingerprint density at radius 3 is 2.03 bits per heavy atom. The molecule has 0 unspecified atom stereocenters. The van der Waals surface area contributed by atoms with Gasteiger partial charge in [0.2, 0.25) is 59.1 Å². The third-order valence-corrected chi connectivity index (χ3v) is 17.2. The van der Waals surface area contributed by atoms with E-state index in [4.69, 9.17) is 15.2 Å². The van der Waals surface area contributed by atoms with Gasteiger partial charge in [0, 0.05) is 70.3 Å². The number of likely N-dealkylation sites (N-methyl/N-ethyl adjacent to an activating group) is 2. The Bertz CT molecular complexity index is 2730. The Morgan fingerprint density at radius 1 is 0.761 bits per heavy atom. The van der Waals surface area contributed by atoms with Crippen molar-refractivity contribution in [3.63, 3.8) is 0 Å². The molecule has 10 amide bonds. The highest BCUT2D eigenvalue weighted by Gasteiger charge is 2.41. The molecular weight excluding hydrogens is 1290 g/mol. The Hall–Kier alpha value is -6.41. The number of Topliss-reactive ketones (excluding diaryl/α,β-unsaturated/α-hetero) is 2. The van der Waals surface area contributed by atoms with Crippen LogP contribution in [0.1, 0.15) is 90.3 Å². The third-order valence-electron chi connectivity index (χ3n) is 13.8. The summed E-state index contributed by atoms with van der Waals surface area (Å²) in [4.78, 5) is 156. The number of phenols is 1. The number of aromatic hydroxyl groups is 1. The van der Waals surface area contributed by atoms with E-state index in [1.807, 2.05) is 62.4 Å². The van der Waals surface area contributed by atoms with Gasteiger partial charge in [-0.2, -0.15) is 0 Å². The summed E-state index contributed by atoms with van der Waals surface area (Å²) in [5, 5.41) is 33.5. The lowest BCUT2D eigenvalue weighted by Gasteiger charge is -2.28. The van der Waals surface area contributed by atoms with E-state index in [0.29, 0.717) is 47.4 Å². The zero-order valence-electron chi connectivity index (χ0n) is 51.5. The quantitative estimate of drug-likeness (QED) is 0.0360. The summed E-state index contributed by atoms with van der Waals surface area (Å²) in [5.74, 6) is -5.49. The van der Waals surface area contributed by atoms with Crippen LogP contribution in [-0.2, 0) is 79.8 Å². The SMILES string of the molecule is CNC(=O)[C@@H](CCC(C)=O)NC(=O)[C@H](Cc1ccc(C)cc1)NC(=O)[C@H](CC(C)=O)NC(=O)COCCOCCN.CNC(=O)[C@@H]1CSSC[C@H](C)C(=O)N2C[C@H](C)C[C@H]2C(=O)N[C@@H](Cc2ccc(O)c(I)c2)C(=O)NCC(=O)N[C@@H](CC(C)C)C(=O)N1. The van der Waals surface area contributed by atoms with Crippen LogP contribution in [0.3, 0.4) is 0 Å². The molecule has 12 N–H and O–H groups in total. The Kier molecular flexibility index (Phi) is 34.1. The lowest BCUT2D eigenvalue weighted by Crippen LogP contribution is -2.57. The fourth-order valence-corrected chi connectivity index (χ4v) is 12.2. The molecule has 2 saturated heterocycles. The van der Waals surface area contributed by atoms with Crippen LogP contribution in [0, 0.1) is 28.2 Å². The van der Waals surface area contributed by atoms with E-state index in [1.165, 1.54) is 55.6 Å². The molecule has 2 aromatic rings. The second kappa shape index (κ2) is 39.6. The number of carbonyl (C=O) groups excluding carboxylic acids is 12. The first-order valence-corrected chi connectivity index (χ1v) is 32.7. The minimum Gasteiger partial charge on any atom is -0.507 e. The number of ether oxygens (including phenoxy) is 2. The molecule has 0 saturated carbocycles. The number of nitrogens with zero attached hydrogens (tertiary/aromatic N) is 1. The number of phenolic OH excluding ortho intramolecular Hbond substituents is 1. The Morgan fingerprint density at radius 2 is 1.41 bits per heavy atom. The van der Waals surface area contributed by atoms with Crippen molar-refractivity contribution in [2.45, 2.75) is 136 Å². The van der Waals surface area contributed by atoms with Gasteiger partial charge in [0.1, 0.15) is 66.2 Å². The van der Waals surface area contributed by atoms with E-state index in [-0.39, 0.29) is 92.7 Å². The summed E-state index contributed by atoms with van der Waals surface area (Å²) in [5.41, 5.74) is 7.73. The van der Waals surface area contributed by atoms with Crippen LogP contribution in [0.4, 0.5) is 0 Å². The highest BCUT2D eigenvalue weighted by molar-refractivity contribution is 14.1. The van der Waals surface area contributed by atoms with Gasteiger partial charge in [-0.15, -0.1) is 0 Å². The van der Waals surface area contributed by atoms with E-state index in [9.17, 15) is 62.6 Å². The number of ketones is 2. The molecule has 4 rings (SSSR count). The predicted octanol–water partition coefficient (Wildman–Crippen LogP) is 0.248. The Balaban J connectivity index is 0.000000465. The zero-order valence-corrected chi connectivity index (χ0v) is 55.3. The molecule has 2 heterocycles. The van der Waals surface area contributed by atoms with E-state index >= 15 is 0 Å². The van der Waals surface area contributed by atoms with Crippen molar-refractivity contribution >= 4 is 115 Å². The first-order chi connectivity index (χ1) is 41.7. The summed E-state index contributed by atoms with van der Waals surface area (Å²) in [6, 6.07) is 5.02. The molecule has 0 spiro atoms. The van der Waals surface area contributed by atoms with Gasteiger partial charge in [0.15, 0.2) is 0 Å². The van der Waals surface area contributed by atoms with Gasteiger partial charge in [-0.3, -0.25) is 52.7 Å². The molecule has 488 valence electrons. The predicted molar refractivity (Wildman–Crippen MR) is 341 cm³/mol. The van der Waals surface area contributed by atoms with Crippen molar-refractivity contribution in [1.29, 1.82) is 0 Å². The lowest BCUT2D eigenvalue weighted by molar-refractivity contribution is -0.141. The van der Waals surface area contributed by atoms with Gasteiger partial charge < -0.3 is 77.9 Å². The Labute approximate surface area is 536 Å². The molecule has 26 nitrogen and oxygen atoms in total. The highest BCUT2D eigenvalue weighted by atomic mass is 127. The molecule has 2 fully saturated rings. The van der Waals surface area contributed by atoms with Gasteiger partial charge in [-0.05, 0) is 97.7 Å². The number of benzene rings is 2. The number of nitrogens with two attached hydrogens (primary N) is 1. The second-order valence-corrected chi connectivity index (χ2v) is 25.9. The summed E-state index contributed by atoms with van der Waals surface area (Å²) in [6.45, 7) is 12.8. The molecule has 29 heteroatoms. The van der Waals surface area contributed by atoms with Crippen LogP contribution < -0.4 is 53.6 Å². The second-order valence-electron chi connectivity index (χ2n) is 22.2. The number of amides is 10. The number of rotatable bonds is 25. The topological polar surface area (TPSA) is 381 Å². The number of nitrogens with one attached hydrogen (secondary N) is 9. The number of hydrogen-bond acceptors (Lipinski definition) is 18. The lowest BCUT2D eigenvalue weighted by atomic mass is 10.0. The highest BCUT2D eigenvalue weighted by Crippen LogP contribution is 2.30. The van der Waals surface area contributed by atoms with Crippen molar-refractivity contribution in [3.8, 4) is 5.75 Å². The average Bonchev–Trinajstić information content (AvgIpc) is 3.04. The standard InChI is InChI=1S/C31H45IN6O7S2.C28H43N5O8/c1-16(2)8-21-29(43)37-23(27(41)33-5)15-47-46-14-18(4)31(45)38-13-17(3)9-24(38)30(44)36-22(28(42)34-12-26(40)35-21)11-19-6-7-25(39)20(32)10-19;1-18-5-8-21(9-6-18)16-24(28(39)32-22(26(37)30-4)10-7-19(2)34)33-27(38)23(15-20(3)35)31-25(36)17-41-14-13-40-12-11-29/h6-7,10,16-18,21-24,39H,8-9,11-15H2,1-5H3,(H,33,41)(H,34,42)(H,35,40)(H,36,44)(H,37,43);5-6,8-9,22-24H,7,10-17,29H2,1-4H3,(H,30,37)(H,31,36)(H,32,39)(H,33,38)/t17-,18+,21+,22+,23+,24+;22-,23+,24+/m11/s1. The van der Waals surface area contributed by atoms with E-state index in [2.05, 4.69) is 47.9 Å². The van der Waals surface area contributed by atoms with Crippen molar-refractivity contribution in [2.24, 2.45) is 23.5 Å². The molecule has 2 aromatic carbocycles. The van der Waals surface area contributed by atoms with Crippen LogP contribution >= 0.6 is 44.2 Å². The number of fused-ring (bicyclic) bond motifs is 1. The summed E-state index contributed by atoms with van der Waals surface area (Å²) in [7, 11) is 5.62. The van der Waals surface area contributed by atoms with Crippen LogP contribution in [0.15, 0.2) is 42.5 Å². The maximum atomic E-state index is 13.7. The van der Waals surface area contributed by atoms with Crippen LogP contribution in [0.2, 0.25) is 0 Å². The maximum Gasteiger partial charge on any atom is 0.246 e. The first-order valence-electron chi connectivity index (χ1n) is 29.1. The van der Waals surface area contributed by atoms with Crippen LogP contribution in [0.25, 0.3) is 0 Å². The molecule has 9 atom stereocenters. The fourth-order valence-electron chi connectivity index (χ4n) is 9.12. The summed E-state index contributed by atoms with van der Waals surface area (Å²) < 4.78 is 11.0. The maximum absolute atomic E-state index is 13.7. The molecule has 0 radical (unpaired) electrons. The average molecular weight is 1380 g/mol. The van der Waals surface area contributed by atoms with E-state index in [0.717, 1.165) is 11.1 Å². The van der Waals surface area contributed by atoms with Crippen LogP contribution in [-0.4, -0.2) is 195 Å². The fraction of sp³-hybridized carbons (Fsp3) is 0.593. The smallest absolute Gasteiger partial charge is 0.246 e. The molecule has 0 aromatic heterocycles. The van der Waals surface area contributed by atoms with Crippen LogP contribution in [0.5, 0.6) is 5.75 Å². The third kappa shape index (κ3) is 27.5. The molecular formula is C59H88IN11O15S2. The first kappa shape index (κ1) is 75.8. The number of hydrogen-bond donors (Lipinski definition) is 11. The van der Waals surface area contributed by atoms with Crippen molar-refractivity contribution < 1.29 is 72.1 Å². The zero-order chi connectivity index (χ0) is 65.6. The van der Waals surface area contributed by atoms with Gasteiger partial charge >= 0.3 is 0 Å². The van der Waals surface area contributed by atoms with Crippen molar-refractivity contribution in [3.05, 3.63) is 62.7 Å². The van der Waals surface area contributed by atoms with Gasteiger partial charge in [0.05, 0.1) is 29.9 Å². The van der Waals surface area contributed by atoms with Gasteiger partial charge in [-0.25, -0.2) is 0 Å². The monoisotopic (exact) mass is 1380 g/mol. The molecule has 0 bridgehead atoms. The molecule has 88 heavy (non-hydrogen) atoms. The summed E-state index contributed by atoms with van der Waals surface area (Å²) >= 11 is 1.97. The van der Waals surface area contributed by atoms with E-state index in [1.54, 1.807) is 36.1 Å². The number of carbonyl (C=O) groups is 12. The minimum atomic E-state index is -1.27. The largest absolute Gasteiger partial charge is 0.507 e. The van der Waals surface area contributed by atoms with Gasteiger partial charge in [0.25, 0.3) is 0 Å². The minimum absolute atomic E-state index is 0.0270. The van der Waals surface area contributed by atoms with Crippen molar-refractivity contribution in [2.75, 3.05) is 71.7 Å².